The average molecular weight is 196 g/mol. The van der Waals surface area contributed by atoms with Crippen molar-refractivity contribution in [2.45, 2.75) is 31.6 Å². The van der Waals surface area contributed by atoms with E-state index in [1.54, 1.807) is 11.3 Å². The molecule has 1 aromatic rings. The average Bonchev–Trinajstić information content (AvgIpc) is 2.34. The Labute approximate surface area is 81.2 Å². The van der Waals surface area contributed by atoms with E-state index in [1.807, 2.05) is 17.7 Å². The second-order valence-electron chi connectivity index (χ2n) is 3.71. The van der Waals surface area contributed by atoms with Crippen LogP contribution in [0.2, 0.25) is 0 Å². The summed E-state index contributed by atoms with van der Waals surface area (Å²) in [7, 11) is 0. The highest BCUT2D eigenvalue weighted by Crippen LogP contribution is 2.46. The molecular weight excluding hydrogens is 184 g/mol. The van der Waals surface area contributed by atoms with Crippen LogP contribution < -0.4 is 0 Å². The Kier molecular flexibility index (Phi) is 1.91. The third-order valence-corrected chi connectivity index (χ3v) is 3.85. The Hall–Kier alpha value is -0.830. The smallest absolute Gasteiger partial charge is 0.314 e. The molecule has 13 heavy (non-hydrogen) atoms. The van der Waals surface area contributed by atoms with Crippen LogP contribution in [0.1, 0.15) is 30.4 Å². The number of carboxylic acids is 1. The van der Waals surface area contributed by atoms with Gasteiger partial charge in [-0.05, 0) is 41.7 Å². The second-order valence-corrected chi connectivity index (χ2v) is 4.45. The van der Waals surface area contributed by atoms with E-state index in [9.17, 15) is 9.90 Å². The summed E-state index contributed by atoms with van der Waals surface area (Å²) >= 11 is 1.60. The lowest BCUT2D eigenvalue weighted by Crippen LogP contribution is -2.42. The van der Waals surface area contributed by atoms with E-state index < -0.39 is 11.4 Å². The minimum atomic E-state index is -0.653. The maximum Gasteiger partial charge on any atom is 0.314 e. The molecule has 0 aliphatic heterocycles. The van der Waals surface area contributed by atoms with E-state index in [2.05, 4.69) is 0 Å². The molecule has 1 N–H and O–H groups in total. The molecule has 0 bridgehead atoms. The van der Waals surface area contributed by atoms with Crippen molar-refractivity contribution < 1.29 is 9.90 Å². The Morgan fingerprint density at radius 3 is 2.54 bits per heavy atom. The van der Waals surface area contributed by atoms with Gasteiger partial charge in [0.15, 0.2) is 0 Å². The number of aryl methyl sites for hydroxylation is 1. The van der Waals surface area contributed by atoms with Crippen molar-refractivity contribution in [2.75, 3.05) is 0 Å². The maximum absolute atomic E-state index is 11.2. The van der Waals surface area contributed by atoms with E-state index >= 15 is 0 Å². The van der Waals surface area contributed by atoms with Crippen LogP contribution in [0.15, 0.2) is 10.8 Å². The third-order valence-electron chi connectivity index (χ3n) is 2.99. The van der Waals surface area contributed by atoms with Gasteiger partial charge in [0.1, 0.15) is 0 Å². The number of rotatable bonds is 2. The van der Waals surface area contributed by atoms with Crippen molar-refractivity contribution in [3.8, 4) is 0 Å². The lowest BCUT2D eigenvalue weighted by Gasteiger charge is -2.37. The quantitative estimate of drug-likeness (QED) is 0.789. The van der Waals surface area contributed by atoms with Gasteiger partial charge in [0.05, 0.1) is 5.41 Å². The molecule has 1 aliphatic carbocycles. The molecule has 1 heterocycles. The van der Waals surface area contributed by atoms with E-state index in [4.69, 9.17) is 0 Å². The van der Waals surface area contributed by atoms with Crippen LogP contribution in [-0.4, -0.2) is 11.1 Å². The zero-order valence-corrected chi connectivity index (χ0v) is 8.36. The zero-order chi connectivity index (χ0) is 9.47. The molecule has 2 rings (SSSR count). The first-order valence-corrected chi connectivity index (χ1v) is 5.38. The molecule has 1 saturated carbocycles. The standard InChI is InChI=1S/C10H12O2S/c1-7-5-13-6-8(7)10(9(11)12)3-2-4-10/h5-6H,2-4H2,1H3,(H,11,12). The van der Waals surface area contributed by atoms with Crippen LogP contribution in [-0.2, 0) is 10.2 Å². The maximum atomic E-state index is 11.2. The highest BCUT2D eigenvalue weighted by atomic mass is 32.1. The van der Waals surface area contributed by atoms with Crippen molar-refractivity contribution in [2.24, 2.45) is 0 Å². The van der Waals surface area contributed by atoms with Gasteiger partial charge in [-0.15, -0.1) is 0 Å². The Morgan fingerprint density at radius 1 is 1.54 bits per heavy atom. The second kappa shape index (κ2) is 2.84. The monoisotopic (exact) mass is 196 g/mol. The van der Waals surface area contributed by atoms with Crippen LogP contribution in [0.4, 0.5) is 0 Å². The molecule has 0 unspecified atom stereocenters. The fraction of sp³-hybridized carbons (Fsp3) is 0.500. The van der Waals surface area contributed by atoms with Crippen LogP contribution in [0.3, 0.4) is 0 Å². The van der Waals surface area contributed by atoms with Gasteiger partial charge < -0.3 is 5.11 Å². The van der Waals surface area contributed by atoms with Crippen LogP contribution in [0, 0.1) is 6.92 Å². The van der Waals surface area contributed by atoms with Gasteiger partial charge in [0.25, 0.3) is 0 Å². The first-order chi connectivity index (χ1) is 6.17. The van der Waals surface area contributed by atoms with Crippen molar-refractivity contribution in [3.05, 3.63) is 21.9 Å². The molecule has 0 saturated heterocycles. The zero-order valence-electron chi connectivity index (χ0n) is 7.54. The largest absolute Gasteiger partial charge is 0.481 e. The van der Waals surface area contributed by atoms with E-state index in [0.29, 0.717) is 0 Å². The van der Waals surface area contributed by atoms with Crippen LogP contribution >= 0.6 is 11.3 Å². The molecule has 0 spiro atoms. The summed E-state index contributed by atoms with van der Waals surface area (Å²) in [6.07, 6.45) is 2.65. The SMILES string of the molecule is Cc1cscc1C1(C(=O)O)CCC1. The van der Waals surface area contributed by atoms with Crippen LogP contribution in [0.5, 0.6) is 0 Å². The number of carbonyl (C=O) groups is 1. The molecule has 0 radical (unpaired) electrons. The summed E-state index contributed by atoms with van der Waals surface area (Å²) in [4.78, 5) is 11.2. The van der Waals surface area contributed by atoms with Crippen molar-refractivity contribution in [3.63, 3.8) is 0 Å². The topological polar surface area (TPSA) is 37.3 Å². The summed E-state index contributed by atoms with van der Waals surface area (Å²) in [5.41, 5.74) is 1.63. The lowest BCUT2D eigenvalue weighted by atomic mass is 9.64. The lowest BCUT2D eigenvalue weighted by molar-refractivity contribution is -0.147. The molecule has 0 aromatic carbocycles. The molecule has 2 nitrogen and oxygen atoms in total. The summed E-state index contributed by atoms with van der Waals surface area (Å²) in [6.45, 7) is 1.99. The number of hydrogen-bond acceptors (Lipinski definition) is 2. The Balaban J connectivity index is 2.43. The highest BCUT2D eigenvalue weighted by molar-refractivity contribution is 7.08. The molecule has 0 atom stereocenters. The molecule has 3 heteroatoms. The summed E-state index contributed by atoms with van der Waals surface area (Å²) < 4.78 is 0. The fourth-order valence-electron chi connectivity index (χ4n) is 1.98. The molecule has 1 aromatic heterocycles. The van der Waals surface area contributed by atoms with Crippen molar-refractivity contribution in [1.29, 1.82) is 0 Å². The van der Waals surface area contributed by atoms with Gasteiger partial charge in [0, 0.05) is 0 Å². The third kappa shape index (κ3) is 1.10. The van der Waals surface area contributed by atoms with Crippen molar-refractivity contribution in [1.82, 2.24) is 0 Å². The Bertz CT molecular complexity index is 336. The highest BCUT2D eigenvalue weighted by Gasteiger charge is 2.46. The molecule has 1 aliphatic rings. The van der Waals surface area contributed by atoms with Gasteiger partial charge in [0.2, 0.25) is 0 Å². The van der Waals surface area contributed by atoms with Gasteiger partial charge in [-0.3, -0.25) is 4.79 Å². The van der Waals surface area contributed by atoms with Gasteiger partial charge in [-0.1, -0.05) is 6.42 Å². The molecule has 1 fully saturated rings. The normalized spacial score (nSPS) is 19.5. The molecular formula is C10H12O2S. The first kappa shape index (κ1) is 8.75. The van der Waals surface area contributed by atoms with Gasteiger partial charge in [-0.2, -0.15) is 11.3 Å². The molecule has 70 valence electrons. The van der Waals surface area contributed by atoms with Crippen molar-refractivity contribution >= 4 is 17.3 Å². The predicted molar refractivity (Wildman–Crippen MR) is 52.2 cm³/mol. The minimum absolute atomic E-state index is 0.538. The summed E-state index contributed by atoms with van der Waals surface area (Å²) in [5, 5.41) is 13.2. The predicted octanol–water partition coefficient (Wildman–Crippen LogP) is 2.56. The number of hydrogen-bond donors (Lipinski definition) is 1. The molecule has 0 amide bonds. The number of aliphatic carboxylic acids is 1. The van der Waals surface area contributed by atoms with E-state index in [0.717, 1.165) is 30.4 Å². The van der Waals surface area contributed by atoms with Gasteiger partial charge in [-0.25, -0.2) is 0 Å². The van der Waals surface area contributed by atoms with E-state index in [-0.39, 0.29) is 0 Å². The number of thiophene rings is 1. The summed E-state index contributed by atoms with van der Waals surface area (Å²) in [5.74, 6) is -0.653. The summed E-state index contributed by atoms with van der Waals surface area (Å²) in [6, 6.07) is 0. The van der Waals surface area contributed by atoms with Crippen LogP contribution in [0.25, 0.3) is 0 Å². The fourth-order valence-corrected chi connectivity index (χ4v) is 2.93. The number of carboxylic acid groups (broad SMARTS) is 1. The first-order valence-electron chi connectivity index (χ1n) is 4.43. The van der Waals surface area contributed by atoms with Gasteiger partial charge >= 0.3 is 5.97 Å². The Morgan fingerprint density at radius 2 is 2.23 bits per heavy atom. The minimum Gasteiger partial charge on any atom is -0.481 e. The van der Waals surface area contributed by atoms with E-state index in [1.165, 1.54) is 0 Å².